The van der Waals surface area contributed by atoms with Crippen LogP contribution in [0, 0.1) is 5.92 Å². The zero-order valence-corrected chi connectivity index (χ0v) is 41.0. The lowest BCUT2D eigenvalue weighted by Gasteiger charge is -2.49. The minimum atomic E-state index is -1.07. The topological polar surface area (TPSA) is 202 Å². The fraction of sp³-hybridized carbons (Fsp3) is 0.143. The number of rotatable bonds is 17. The van der Waals surface area contributed by atoms with Gasteiger partial charge in [0.25, 0.3) is 12.9 Å². The molecule has 12 heteroatoms. The van der Waals surface area contributed by atoms with Crippen molar-refractivity contribution < 1.29 is 58.7 Å². The van der Waals surface area contributed by atoms with Crippen LogP contribution >= 0.6 is 0 Å². The summed E-state index contributed by atoms with van der Waals surface area (Å²) in [6, 6.07) is 45.9. The predicted molar refractivity (Wildman–Crippen MR) is 283 cm³/mol. The molecule has 0 aromatic heterocycles. The molecule has 5 atom stereocenters. The summed E-state index contributed by atoms with van der Waals surface area (Å²) in [7, 11) is 0. The quantitative estimate of drug-likeness (QED) is 0.0630. The van der Waals surface area contributed by atoms with E-state index in [-0.39, 0.29) is 45.9 Å². The van der Waals surface area contributed by atoms with Crippen LogP contribution in [-0.4, -0.2) is 57.2 Å². The minimum absolute atomic E-state index is 0.121. The third kappa shape index (κ3) is 10.1. The maximum absolute atomic E-state index is 12.1. The number of carbonyl (C=O) groups excluding carboxylic acids is 2. The number of fused-ring (bicyclic) bond motifs is 2. The summed E-state index contributed by atoms with van der Waals surface area (Å²) in [5, 5.41) is 39.4. The van der Waals surface area contributed by atoms with Gasteiger partial charge in [-0.2, -0.15) is 0 Å². The van der Waals surface area contributed by atoms with Gasteiger partial charge in [-0.25, -0.2) is 19.2 Å². The second-order valence-corrected chi connectivity index (χ2v) is 19.0. The maximum atomic E-state index is 12.1. The van der Waals surface area contributed by atoms with E-state index in [1.807, 2.05) is 48.5 Å². The van der Waals surface area contributed by atoms with Gasteiger partial charge in [0.2, 0.25) is 0 Å². The molecule has 2 aliphatic carbocycles. The Labute approximate surface area is 432 Å². The molecule has 75 heavy (non-hydrogen) atoms. The van der Waals surface area contributed by atoms with Crippen molar-refractivity contribution in [1.82, 2.24) is 0 Å². The number of hydrogen-bond donors (Lipinski definition) is 4. The number of carboxylic acids is 4. The molecule has 0 saturated heterocycles. The first-order chi connectivity index (χ1) is 36.1. The second-order valence-electron chi connectivity index (χ2n) is 19.0. The van der Waals surface area contributed by atoms with Crippen molar-refractivity contribution in [2.24, 2.45) is 5.92 Å². The van der Waals surface area contributed by atoms with E-state index in [2.05, 4.69) is 51.1 Å². The average Bonchev–Trinajstić information content (AvgIpc) is 3.42. The van der Waals surface area contributed by atoms with E-state index in [1.165, 1.54) is 0 Å². The van der Waals surface area contributed by atoms with E-state index >= 15 is 0 Å². The minimum Gasteiger partial charge on any atom is -0.478 e. The number of allylic oxidation sites excluding steroid dienone is 6. The van der Waals surface area contributed by atoms with Gasteiger partial charge in [0.15, 0.2) is 0 Å². The fourth-order valence-corrected chi connectivity index (χ4v) is 10.7. The SMILES string of the molecule is CC1C2=CC(c3ccc(C(=O)O)cc3)C(c3ccc(C(=O)O)cc3)C=C2C(C)(C(C)/C=C(\Cc2ccc(C(=O)O)cc2)c2ccc(C(=O)O)cc2)c2cc(-c3ccc(OC=O)cc3)c(-c3ccc(OC=O)cc3)cc21. The number of carbonyl (C=O) groups is 6. The molecule has 0 fully saturated rings. The lowest BCUT2D eigenvalue weighted by molar-refractivity contribution is -0.121. The zero-order valence-electron chi connectivity index (χ0n) is 41.0. The van der Waals surface area contributed by atoms with Crippen LogP contribution in [0.2, 0.25) is 0 Å². The molecule has 0 spiro atoms. The highest BCUT2D eigenvalue weighted by atomic mass is 16.5. The van der Waals surface area contributed by atoms with E-state index in [4.69, 9.17) is 9.47 Å². The number of ether oxygens (including phenoxy) is 2. The summed E-state index contributed by atoms with van der Waals surface area (Å²) in [5.74, 6) is -4.75. The molecule has 0 bridgehead atoms. The normalized spacial score (nSPS) is 18.2. The largest absolute Gasteiger partial charge is 0.478 e. The molecule has 9 rings (SSSR count). The summed E-state index contributed by atoms with van der Waals surface area (Å²) >= 11 is 0. The Morgan fingerprint density at radius 3 is 1.39 bits per heavy atom. The Bertz CT molecular complexity index is 3460. The number of benzene rings is 7. The van der Waals surface area contributed by atoms with Crippen molar-refractivity contribution in [3.63, 3.8) is 0 Å². The van der Waals surface area contributed by atoms with Crippen LogP contribution in [0.4, 0.5) is 0 Å². The second kappa shape index (κ2) is 21.0. The molecular formula is C63H50O12. The molecule has 0 amide bonds. The van der Waals surface area contributed by atoms with E-state index < -0.39 is 29.3 Å². The van der Waals surface area contributed by atoms with Gasteiger partial charge in [-0.3, -0.25) is 9.59 Å². The van der Waals surface area contributed by atoms with Crippen LogP contribution in [0.1, 0.15) is 113 Å². The number of hydrogen-bond acceptors (Lipinski definition) is 8. The van der Waals surface area contributed by atoms with Gasteiger partial charge in [0.05, 0.1) is 22.3 Å². The Balaban J connectivity index is 1.32. The molecule has 7 aromatic carbocycles. The lowest BCUT2D eigenvalue weighted by Crippen LogP contribution is -2.40. The molecule has 4 N–H and O–H groups in total. The van der Waals surface area contributed by atoms with Gasteiger partial charge in [-0.05, 0) is 170 Å². The van der Waals surface area contributed by atoms with Gasteiger partial charge in [0.1, 0.15) is 11.5 Å². The summed E-state index contributed by atoms with van der Waals surface area (Å²) in [5.41, 5.74) is 11.3. The first-order valence-corrected chi connectivity index (χ1v) is 24.1. The van der Waals surface area contributed by atoms with Gasteiger partial charge in [-0.15, -0.1) is 0 Å². The number of carboxylic acid groups (broad SMARTS) is 4. The Hall–Kier alpha value is -9.42. The first kappa shape index (κ1) is 50.5. The molecule has 5 unspecified atom stereocenters. The van der Waals surface area contributed by atoms with Crippen LogP contribution in [0.5, 0.6) is 11.5 Å². The van der Waals surface area contributed by atoms with E-state index in [0.717, 1.165) is 72.4 Å². The van der Waals surface area contributed by atoms with Crippen molar-refractivity contribution >= 4 is 42.4 Å². The van der Waals surface area contributed by atoms with Gasteiger partial charge in [0, 0.05) is 23.2 Å². The van der Waals surface area contributed by atoms with Crippen LogP contribution in [0.25, 0.3) is 27.8 Å². The van der Waals surface area contributed by atoms with Gasteiger partial charge >= 0.3 is 23.9 Å². The molecule has 0 radical (unpaired) electrons. The smallest absolute Gasteiger partial charge is 0.335 e. The van der Waals surface area contributed by atoms with Gasteiger partial charge < -0.3 is 29.9 Å². The highest BCUT2D eigenvalue weighted by Crippen LogP contribution is 2.59. The van der Waals surface area contributed by atoms with Crippen LogP contribution in [-0.2, 0) is 21.4 Å². The van der Waals surface area contributed by atoms with Crippen LogP contribution in [0.15, 0.2) is 187 Å². The fourth-order valence-electron chi connectivity index (χ4n) is 10.7. The monoisotopic (exact) mass is 998 g/mol. The molecule has 0 heterocycles. The molecular weight excluding hydrogens is 949 g/mol. The first-order valence-electron chi connectivity index (χ1n) is 24.1. The number of aromatic carboxylic acids is 4. The predicted octanol–water partition coefficient (Wildman–Crippen LogP) is 12.7. The molecule has 7 aromatic rings. The molecule has 374 valence electrons. The summed E-state index contributed by atoms with van der Waals surface area (Å²) in [4.78, 5) is 70.8. The van der Waals surface area contributed by atoms with Crippen molar-refractivity contribution in [1.29, 1.82) is 0 Å². The van der Waals surface area contributed by atoms with Crippen molar-refractivity contribution in [3.05, 3.63) is 243 Å². The van der Waals surface area contributed by atoms with Gasteiger partial charge in [-0.1, -0.05) is 112 Å². The van der Waals surface area contributed by atoms with E-state index in [0.29, 0.717) is 30.9 Å². The van der Waals surface area contributed by atoms with E-state index in [9.17, 15) is 49.2 Å². The highest BCUT2D eigenvalue weighted by molar-refractivity contribution is 5.90. The zero-order chi connectivity index (χ0) is 53.1. The standard InChI is InChI=1S/C63H50O12/c1-36(28-48(39-8-14-45(15-9-39)60(68)69)29-38-4-6-44(7-5-38)59(66)67)63(3)57-32-55(41-12-18-47(19-13-41)62(72)73)53(40-10-16-46(17-11-40)61(70)71)30-51(57)37(2)52-31-54(42-20-24-49(25-21-42)74-34-64)56(33-58(52)63)43-22-26-50(27-23-43)75-35-65/h4-28,30-37,53,55H,29H2,1-3H3,(H,66,67)(H,68,69)(H,70,71)(H,72,73)/b48-28+. The Morgan fingerprint density at radius 2 is 0.947 bits per heavy atom. The van der Waals surface area contributed by atoms with Crippen LogP contribution < -0.4 is 9.47 Å². The Morgan fingerprint density at radius 1 is 0.547 bits per heavy atom. The average molecular weight is 999 g/mol. The molecule has 2 aliphatic rings. The van der Waals surface area contributed by atoms with E-state index in [1.54, 1.807) is 97.1 Å². The Kier molecular flexibility index (Phi) is 14.1. The van der Waals surface area contributed by atoms with Crippen molar-refractivity contribution in [2.75, 3.05) is 0 Å². The molecule has 0 aliphatic heterocycles. The summed E-state index contributed by atoms with van der Waals surface area (Å²) < 4.78 is 10.4. The van der Waals surface area contributed by atoms with Crippen molar-refractivity contribution in [2.45, 2.75) is 50.4 Å². The lowest BCUT2D eigenvalue weighted by atomic mass is 9.54. The maximum Gasteiger partial charge on any atom is 0.335 e. The van der Waals surface area contributed by atoms with Crippen molar-refractivity contribution in [3.8, 4) is 33.8 Å². The third-order valence-corrected chi connectivity index (χ3v) is 14.9. The highest BCUT2D eigenvalue weighted by Gasteiger charge is 2.47. The summed E-state index contributed by atoms with van der Waals surface area (Å²) in [6.45, 7) is 7.27. The molecule has 12 nitrogen and oxygen atoms in total. The molecule has 0 saturated carbocycles. The summed E-state index contributed by atoms with van der Waals surface area (Å²) in [6.07, 6.45) is 7.12. The van der Waals surface area contributed by atoms with Crippen LogP contribution in [0.3, 0.4) is 0 Å². The third-order valence-electron chi connectivity index (χ3n) is 14.9.